The van der Waals surface area contributed by atoms with Gasteiger partial charge in [0.05, 0.1) is 6.61 Å². The predicted octanol–water partition coefficient (Wildman–Crippen LogP) is 5.28. The lowest BCUT2D eigenvalue weighted by Gasteiger charge is -2.16. The van der Waals surface area contributed by atoms with E-state index in [9.17, 15) is 4.79 Å². The summed E-state index contributed by atoms with van der Waals surface area (Å²) in [5.74, 6) is 1.35. The van der Waals surface area contributed by atoms with Gasteiger partial charge in [0.2, 0.25) is 0 Å². The second-order valence-electron chi connectivity index (χ2n) is 6.65. The molecule has 0 saturated carbocycles. The van der Waals surface area contributed by atoms with Gasteiger partial charge in [-0.3, -0.25) is 4.79 Å². The minimum Gasteiger partial charge on any atom is -0.494 e. The van der Waals surface area contributed by atoms with E-state index in [1.807, 2.05) is 50.2 Å². The van der Waals surface area contributed by atoms with E-state index in [1.165, 1.54) is 12.8 Å². The third-order valence-corrected chi connectivity index (χ3v) is 4.02. The van der Waals surface area contributed by atoms with Crippen LogP contribution in [0.15, 0.2) is 42.5 Å². The minimum atomic E-state index is -0.582. The lowest BCUT2D eigenvalue weighted by Crippen LogP contribution is -2.30. The van der Waals surface area contributed by atoms with Crippen LogP contribution in [-0.2, 0) is 4.79 Å². The third-order valence-electron chi connectivity index (χ3n) is 4.02. The van der Waals surface area contributed by atoms with Crippen molar-refractivity contribution in [2.45, 2.75) is 53.1 Å². The third kappa shape index (κ3) is 6.43. The highest BCUT2D eigenvalue weighted by Crippen LogP contribution is 2.19. The van der Waals surface area contributed by atoms with E-state index < -0.39 is 6.10 Å². The molecule has 2 aromatic rings. The molecule has 4 heteroatoms. The van der Waals surface area contributed by atoms with Crippen LogP contribution in [0.5, 0.6) is 11.5 Å². The fourth-order valence-electron chi connectivity index (χ4n) is 2.68. The van der Waals surface area contributed by atoms with Crippen molar-refractivity contribution in [1.29, 1.82) is 0 Å². The fraction of sp³-hybridized carbons (Fsp3) is 0.409. The minimum absolute atomic E-state index is 0.180. The maximum atomic E-state index is 12.3. The standard InChI is InChI=1S/C22H29NO3/c1-5-6-7-12-25-20-10-8-19(9-11-20)23-22(24)18(4)26-21-14-16(2)13-17(3)15-21/h8-11,13-15,18H,5-7,12H2,1-4H3,(H,23,24). The zero-order chi connectivity index (χ0) is 18.9. The van der Waals surface area contributed by atoms with E-state index >= 15 is 0 Å². The summed E-state index contributed by atoms with van der Waals surface area (Å²) in [6.45, 7) is 8.66. The van der Waals surface area contributed by atoms with Gasteiger partial charge in [0.1, 0.15) is 11.5 Å². The van der Waals surface area contributed by atoms with E-state index in [-0.39, 0.29) is 5.91 Å². The lowest BCUT2D eigenvalue weighted by atomic mass is 10.1. The Labute approximate surface area is 156 Å². The molecule has 0 spiro atoms. The van der Waals surface area contributed by atoms with Crippen molar-refractivity contribution in [3.63, 3.8) is 0 Å². The van der Waals surface area contributed by atoms with Crippen molar-refractivity contribution >= 4 is 11.6 Å². The van der Waals surface area contributed by atoms with Crippen molar-refractivity contribution in [1.82, 2.24) is 0 Å². The second-order valence-corrected chi connectivity index (χ2v) is 6.65. The molecule has 1 N–H and O–H groups in total. The normalized spacial score (nSPS) is 11.7. The van der Waals surface area contributed by atoms with Gasteiger partial charge in [-0.1, -0.05) is 25.8 Å². The Hall–Kier alpha value is -2.49. The first-order valence-corrected chi connectivity index (χ1v) is 9.26. The zero-order valence-corrected chi connectivity index (χ0v) is 16.2. The molecule has 4 nitrogen and oxygen atoms in total. The molecule has 26 heavy (non-hydrogen) atoms. The average molecular weight is 355 g/mol. The van der Waals surface area contributed by atoms with E-state index in [4.69, 9.17) is 9.47 Å². The van der Waals surface area contributed by atoms with Gasteiger partial charge in [-0.25, -0.2) is 0 Å². The van der Waals surface area contributed by atoms with Crippen LogP contribution in [0.25, 0.3) is 0 Å². The zero-order valence-electron chi connectivity index (χ0n) is 16.2. The van der Waals surface area contributed by atoms with Gasteiger partial charge in [0, 0.05) is 5.69 Å². The smallest absolute Gasteiger partial charge is 0.265 e. The number of hydrogen-bond acceptors (Lipinski definition) is 3. The number of hydrogen-bond donors (Lipinski definition) is 1. The van der Waals surface area contributed by atoms with Crippen LogP contribution in [0, 0.1) is 13.8 Å². The molecule has 1 atom stereocenters. The van der Waals surface area contributed by atoms with Crippen LogP contribution in [0.2, 0.25) is 0 Å². The number of nitrogens with one attached hydrogen (secondary N) is 1. The van der Waals surface area contributed by atoms with Crippen molar-refractivity contribution in [2.75, 3.05) is 11.9 Å². The Bertz CT molecular complexity index is 690. The monoisotopic (exact) mass is 355 g/mol. The number of unbranched alkanes of at least 4 members (excludes halogenated alkanes) is 2. The van der Waals surface area contributed by atoms with Crippen molar-refractivity contribution < 1.29 is 14.3 Å². The largest absolute Gasteiger partial charge is 0.494 e. The number of anilines is 1. The Morgan fingerprint density at radius 3 is 2.27 bits per heavy atom. The summed E-state index contributed by atoms with van der Waals surface area (Å²) in [6.07, 6.45) is 2.83. The molecule has 0 fully saturated rings. The summed E-state index contributed by atoms with van der Waals surface area (Å²) in [7, 11) is 0. The molecule has 0 aliphatic carbocycles. The first-order chi connectivity index (χ1) is 12.5. The van der Waals surface area contributed by atoms with Gasteiger partial charge in [-0.2, -0.15) is 0 Å². The maximum Gasteiger partial charge on any atom is 0.265 e. The first kappa shape index (κ1) is 19.8. The molecule has 0 aliphatic heterocycles. The molecular formula is C22H29NO3. The molecule has 0 aromatic heterocycles. The second kappa shape index (κ2) is 9.85. The highest BCUT2D eigenvalue weighted by atomic mass is 16.5. The number of amides is 1. The molecule has 140 valence electrons. The molecule has 0 heterocycles. The number of ether oxygens (including phenoxy) is 2. The molecule has 0 saturated heterocycles. The van der Waals surface area contributed by atoms with Gasteiger partial charge >= 0.3 is 0 Å². The van der Waals surface area contributed by atoms with Crippen molar-refractivity contribution in [3.8, 4) is 11.5 Å². The molecule has 1 amide bonds. The van der Waals surface area contributed by atoms with Gasteiger partial charge in [0.15, 0.2) is 6.10 Å². The SMILES string of the molecule is CCCCCOc1ccc(NC(=O)C(C)Oc2cc(C)cc(C)c2)cc1. The van der Waals surface area contributed by atoms with Crippen molar-refractivity contribution in [3.05, 3.63) is 53.6 Å². The fourth-order valence-corrected chi connectivity index (χ4v) is 2.68. The van der Waals surface area contributed by atoms with Crippen LogP contribution in [0.1, 0.15) is 44.2 Å². The van der Waals surface area contributed by atoms with Gasteiger partial charge in [-0.05, 0) is 74.7 Å². The molecule has 0 aliphatic rings. The Morgan fingerprint density at radius 2 is 1.65 bits per heavy atom. The van der Waals surface area contributed by atoms with Crippen LogP contribution in [-0.4, -0.2) is 18.6 Å². The molecule has 2 rings (SSSR count). The molecule has 0 bridgehead atoms. The number of carbonyl (C=O) groups is 1. The van der Waals surface area contributed by atoms with E-state index in [0.29, 0.717) is 5.75 Å². The Morgan fingerprint density at radius 1 is 1.00 bits per heavy atom. The summed E-state index contributed by atoms with van der Waals surface area (Å²) in [6, 6.07) is 13.4. The summed E-state index contributed by atoms with van der Waals surface area (Å²) in [5, 5.41) is 2.88. The van der Waals surface area contributed by atoms with Crippen LogP contribution < -0.4 is 14.8 Å². The first-order valence-electron chi connectivity index (χ1n) is 9.26. The summed E-state index contributed by atoms with van der Waals surface area (Å²) in [4.78, 5) is 12.3. The summed E-state index contributed by atoms with van der Waals surface area (Å²) in [5.41, 5.74) is 2.95. The lowest BCUT2D eigenvalue weighted by molar-refractivity contribution is -0.122. The topological polar surface area (TPSA) is 47.6 Å². The average Bonchev–Trinajstić information content (AvgIpc) is 2.59. The Balaban J connectivity index is 1.86. The van der Waals surface area contributed by atoms with Crippen molar-refractivity contribution in [2.24, 2.45) is 0 Å². The predicted molar refractivity (Wildman–Crippen MR) is 106 cm³/mol. The quantitative estimate of drug-likeness (QED) is 0.623. The Kier molecular flexibility index (Phi) is 7.52. The number of carbonyl (C=O) groups excluding carboxylic acids is 1. The van der Waals surface area contributed by atoms with Gasteiger partial charge in [0.25, 0.3) is 5.91 Å². The number of aryl methyl sites for hydroxylation is 2. The highest BCUT2D eigenvalue weighted by molar-refractivity contribution is 5.94. The van der Waals surface area contributed by atoms with E-state index in [0.717, 1.165) is 35.6 Å². The summed E-state index contributed by atoms with van der Waals surface area (Å²) >= 11 is 0. The molecule has 0 radical (unpaired) electrons. The molecule has 2 aromatic carbocycles. The number of rotatable bonds is 9. The molecule has 1 unspecified atom stereocenters. The van der Waals surface area contributed by atoms with E-state index in [1.54, 1.807) is 6.92 Å². The number of benzene rings is 2. The maximum absolute atomic E-state index is 12.3. The van der Waals surface area contributed by atoms with Crippen LogP contribution in [0.4, 0.5) is 5.69 Å². The van der Waals surface area contributed by atoms with Gasteiger partial charge in [-0.15, -0.1) is 0 Å². The van der Waals surface area contributed by atoms with Crippen LogP contribution >= 0.6 is 0 Å². The molecular weight excluding hydrogens is 326 g/mol. The summed E-state index contributed by atoms with van der Waals surface area (Å²) < 4.78 is 11.5. The van der Waals surface area contributed by atoms with E-state index in [2.05, 4.69) is 18.3 Å². The van der Waals surface area contributed by atoms with Gasteiger partial charge < -0.3 is 14.8 Å². The van der Waals surface area contributed by atoms with Crippen LogP contribution in [0.3, 0.4) is 0 Å². The highest BCUT2D eigenvalue weighted by Gasteiger charge is 2.15.